The molecule has 180 valence electrons. The minimum atomic E-state index is -0.554. The Hall–Kier alpha value is -3.55. The number of nitrogens with one attached hydrogen (secondary N) is 1. The number of nitrogen functional groups attached to an aromatic ring is 2. The third-order valence-corrected chi connectivity index (χ3v) is 5.21. The number of hydrogen-bond acceptors (Lipinski definition) is 6. The standard InChI is InChI=1S/C27H33N3O4/c1-18(31)16-33-17-19(2)34-27(32)30-25-11-6-21(7-12-25)14-23-8-3-22(15-26(23)29)13-20-4-9-24(28)10-5-20/h3-12,15,18-19,31H,13-14,16-17,28-29H2,1-2H3,(H,30,32). The van der Waals surface area contributed by atoms with Crippen LogP contribution in [0.3, 0.4) is 0 Å². The van der Waals surface area contributed by atoms with Gasteiger partial charge in [-0.3, -0.25) is 5.32 Å². The summed E-state index contributed by atoms with van der Waals surface area (Å²) in [4.78, 5) is 12.1. The molecule has 0 heterocycles. The fraction of sp³-hybridized carbons (Fsp3) is 0.296. The highest BCUT2D eigenvalue weighted by molar-refractivity contribution is 5.84. The summed E-state index contributed by atoms with van der Waals surface area (Å²) in [5.41, 5.74) is 18.7. The highest BCUT2D eigenvalue weighted by Gasteiger charge is 2.11. The van der Waals surface area contributed by atoms with Gasteiger partial charge in [-0.2, -0.15) is 0 Å². The maximum Gasteiger partial charge on any atom is 0.411 e. The van der Waals surface area contributed by atoms with E-state index in [9.17, 15) is 9.90 Å². The van der Waals surface area contributed by atoms with E-state index in [1.54, 1.807) is 13.8 Å². The normalized spacial score (nSPS) is 12.7. The first-order valence-electron chi connectivity index (χ1n) is 11.3. The van der Waals surface area contributed by atoms with Crippen LogP contribution in [-0.4, -0.2) is 36.6 Å². The molecule has 0 bridgehead atoms. The Morgan fingerprint density at radius 1 is 0.882 bits per heavy atom. The molecule has 0 radical (unpaired) electrons. The van der Waals surface area contributed by atoms with Gasteiger partial charge in [0.25, 0.3) is 0 Å². The second-order valence-corrected chi connectivity index (χ2v) is 8.55. The van der Waals surface area contributed by atoms with E-state index >= 15 is 0 Å². The molecule has 0 aromatic heterocycles. The quantitative estimate of drug-likeness (QED) is 0.332. The van der Waals surface area contributed by atoms with Gasteiger partial charge in [0.05, 0.1) is 19.3 Å². The zero-order chi connectivity index (χ0) is 24.5. The van der Waals surface area contributed by atoms with Crippen LogP contribution in [0.5, 0.6) is 0 Å². The molecule has 0 spiro atoms. The summed E-state index contributed by atoms with van der Waals surface area (Å²) in [6.07, 6.45) is -0.0451. The van der Waals surface area contributed by atoms with Crippen molar-refractivity contribution in [3.63, 3.8) is 0 Å². The van der Waals surface area contributed by atoms with E-state index < -0.39 is 18.3 Å². The predicted octanol–water partition coefficient (Wildman–Crippen LogP) is 4.37. The third-order valence-electron chi connectivity index (χ3n) is 5.21. The third kappa shape index (κ3) is 8.10. The van der Waals surface area contributed by atoms with E-state index in [1.807, 2.05) is 54.6 Å². The van der Waals surface area contributed by atoms with Crippen LogP contribution < -0.4 is 16.8 Å². The molecule has 34 heavy (non-hydrogen) atoms. The number of benzene rings is 3. The van der Waals surface area contributed by atoms with Gasteiger partial charge in [0.15, 0.2) is 0 Å². The molecular weight excluding hydrogens is 430 g/mol. The number of aliphatic hydroxyl groups is 1. The largest absolute Gasteiger partial charge is 0.444 e. The van der Waals surface area contributed by atoms with Gasteiger partial charge in [-0.05, 0) is 79.3 Å². The molecule has 3 rings (SSSR count). The molecule has 2 unspecified atom stereocenters. The van der Waals surface area contributed by atoms with E-state index in [-0.39, 0.29) is 13.2 Å². The monoisotopic (exact) mass is 463 g/mol. The first kappa shape index (κ1) is 25.1. The topological polar surface area (TPSA) is 120 Å². The van der Waals surface area contributed by atoms with Gasteiger partial charge in [-0.1, -0.05) is 36.4 Å². The Labute approximate surface area is 200 Å². The molecule has 0 saturated carbocycles. The number of aliphatic hydroxyl groups excluding tert-OH is 1. The van der Waals surface area contributed by atoms with E-state index in [2.05, 4.69) is 17.4 Å². The SMILES string of the molecule is CC(O)COCC(C)OC(=O)Nc1ccc(Cc2ccc(Cc3ccc(N)cc3)cc2N)cc1. The van der Waals surface area contributed by atoms with E-state index in [0.717, 1.165) is 34.5 Å². The fourth-order valence-corrected chi connectivity index (χ4v) is 3.48. The molecule has 0 aliphatic heterocycles. The van der Waals surface area contributed by atoms with Gasteiger partial charge in [-0.25, -0.2) is 4.79 Å². The van der Waals surface area contributed by atoms with Gasteiger partial charge in [-0.15, -0.1) is 0 Å². The van der Waals surface area contributed by atoms with Crippen molar-refractivity contribution in [2.45, 2.75) is 38.9 Å². The Bertz CT molecular complexity index is 1070. The average Bonchev–Trinajstić information content (AvgIpc) is 2.78. The molecule has 0 aliphatic rings. The van der Waals surface area contributed by atoms with Gasteiger partial charge in [0.1, 0.15) is 6.10 Å². The average molecular weight is 464 g/mol. The van der Waals surface area contributed by atoms with Crippen molar-refractivity contribution in [1.29, 1.82) is 0 Å². The smallest absolute Gasteiger partial charge is 0.411 e. The lowest BCUT2D eigenvalue weighted by molar-refractivity contribution is -0.000795. The van der Waals surface area contributed by atoms with Gasteiger partial charge in [0, 0.05) is 17.1 Å². The minimum absolute atomic E-state index is 0.201. The molecule has 3 aromatic carbocycles. The van der Waals surface area contributed by atoms with Crippen LogP contribution in [0.2, 0.25) is 0 Å². The molecule has 7 nitrogen and oxygen atoms in total. The second kappa shape index (κ2) is 12.1. The van der Waals surface area contributed by atoms with Crippen LogP contribution in [-0.2, 0) is 22.3 Å². The van der Waals surface area contributed by atoms with Crippen LogP contribution in [0, 0.1) is 0 Å². The summed E-state index contributed by atoms with van der Waals surface area (Å²) in [6, 6.07) is 21.6. The van der Waals surface area contributed by atoms with Crippen LogP contribution >= 0.6 is 0 Å². The molecule has 0 fully saturated rings. The summed E-state index contributed by atoms with van der Waals surface area (Å²) in [5.74, 6) is 0. The van der Waals surface area contributed by atoms with E-state index in [1.165, 1.54) is 5.56 Å². The molecule has 6 N–H and O–H groups in total. The number of carbonyl (C=O) groups is 1. The lowest BCUT2D eigenvalue weighted by atomic mass is 9.98. The van der Waals surface area contributed by atoms with Gasteiger partial charge < -0.3 is 26.0 Å². The molecule has 7 heteroatoms. The maximum absolute atomic E-state index is 12.1. The number of rotatable bonds is 10. The van der Waals surface area contributed by atoms with Crippen molar-refractivity contribution in [2.75, 3.05) is 30.0 Å². The van der Waals surface area contributed by atoms with Crippen LogP contribution in [0.4, 0.5) is 21.9 Å². The summed E-state index contributed by atoms with van der Waals surface area (Å²) in [5, 5.41) is 11.9. The Kier molecular flexibility index (Phi) is 8.90. The Morgan fingerprint density at radius 3 is 2.15 bits per heavy atom. The highest BCUT2D eigenvalue weighted by atomic mass is 16.6. The number of nitrogens with two attached hydrogens (primary N) is 2. The van der Waals surface area contributed by atoms with Crippen LogP contribution in [0.15, 0.2) is 66.7 Å². The lowest BCUT2D eigenvalue weighted by Crippen LogP contribution is -2.25. The van der Waals surface area contributed by atoms with Crippen molar-refractivity contribution < 1.29 is 19.4 Å². The Morgan fingerprint density at radius 2 is 1.50 bits per heavy atom. The number of carbonyl (C=O) groups excluding carboxylic acids is 1. The Balaban J connectivity index is 1.51. The molecule has 1 amide bonds. The molecular formula is C27H33N3O4. The molecule has 2 atom stereocenters. The number of ether oxygens (including phenoxy) is 2. The predicted molar refractivity (Wildman–Crippen MR) is 136 cm³/mol. The summed E-state index contributed by atoms with van der Waals surface area (Å²) in [6.45, 7) is 3.79. The van der Waals surface area contributed by atoms with Crippen LogP contribution in [0.1, 0.15) is 36.1 Å². The highest BCUT2D eigenvalue weighted by Crippen LogP contribution is 2.21. The molecule has 0 aliphatic carbocycles. The number of hydrogen-bond donors (Lipinski definition) is 4. The van der Waals surface area contributed by atoms with Gasteiger partial charge in [0.2, 0.25) is 0 Å². The minimum Gasteiger partial charge on any atom is -0.444 e. The first-order valence-corrected chi connectivity index (χ1v) is 11.3. The number of anilines is 3. The summed E-state index contributed by atoms with van der Waals surface area (Å²) in [7, 11) is 0. The van der Waals surface area contributed by atoms with Crippen molar-refractivity contribution >= 4 is 23.2 Å². The van der Waals surface area contributed by atoms with Crippen LogP contribution in [0.25, 0.3) is 0 Å². The molecule has 0 saturated heterocycles. The second-order valence-electron chi connectivity index (χ2n) is 8.55. The van der Waals surface area contributed by atoms with Crippen molar-refractivity contribution in [1.82, 2.24) is 0 Å². The maximum atomic E-state index is 12.1. The fourth-order valence-electron chi connectivity index (χ4n) is 3.48. The van der Waals surface area contributed by atoms with E-state index in [0.29, 0.717) is 12.1 Å². The van der Waals surface area contributed by atoms with Crippen molar-refractivity contribution in [2.24, 2.45) is 0 Å². The van der Waals surface area contributed by atoms with Crippen molar-refractivity contribution in [3.8, 4) is 0 Å². The number of amides is 1. The first-order chi connectivity index (χ1) is 16.3. The molecule has 3 aromatic rings. The summed E-state index contributed by atoms with van der Waals surface area (Å²) < 4.78 is 10.5. The lowest BCUT2D eigenvalue weighted by Gasteiger charge is -2.15. The van der Waals surface area contributed by atoms with Crippen molar-refractivity contribution in [3.05, 3.63) is 89.0 Å². The summed E-state index contributed by atoms with van der Waals surface area (Å²) >= 11 is 0. The van der Waals surface area contributed by atoms with E-state index in [4.69, 9.17) is 20.9 Å². The zero-order valence-electron chi connectivity index (χ0n) is 19.7. The van der Waals surface area contributed by atoms with Gasteiger partial charge >= 0.3 is 6.09 Å². The zero-order valence-corrected chi connectivity index (χ0v) is 19.7.